The van der Waals surface area contributed by atoms with Gasteiger partial charge in [-0.1, -0.05) is 37.5 Å². The Morgan fingerprint density at radius 1 is 1.03 bits per heavy atom. The molecule has 0 radical (unpaired) electrons. The molecule has 1 amide bonds. The van der Waals surface area contributed by atoms with Gasteiger partial charge in [-0.2, -0.15) is 0 Å². The van der Waals surface area contributed by atoms with Gasteiger partial charge in [0.1, 0.15) is 11.5 Å². The Hall–Kier alpha value is -2.88. The molecule has 1 aromatic heterocycles. The number of nitrogens with zero attached hydrogens (tertiary/aromatic N) is 2. The van der Waals surface area contributed by atoms with Crippen LogP contribution in [0.3, 0.4) is 0 Å². The van der Waals surface area contributed by atoms with Crippen LogP contribution in [0.15, 0.2) is 60.8 Å². The van der Waals surface area contributed by atoms with Crippen LogP contribution in [0.25, 0.3) is 10.9 Å². The van der Waals surface area contributed by atoms with Crippen molar-refractivity contribution in [3.63, 3.8) is 0 Å². The lowest BCUT2D eigenvalue weighted by Gasteiger charge is -2.31. The number of carbonyl (C=O) groups is 1. The molecule has 156 valence electrons. The zero-order valence-electron chi connectivity index (χ0n) is 17.7. The lowest BCUT2D eigenvalue weighted by molar-refractivity contribution is -0.132. The second-order valence-electron chi connectivity index (χ2n) is 8.26. The highest BCUT2D eigenvalue weighted by atomic mass is 16.5. The Morgan fingerprint density at radius 3 is 2.63 bits per heavy atom. The summed E-state index contributed by atoms with van der Waals surface area (Å²) in [4.78, 5) is 19.1. The molecule has 0 bridgehead atoms. The van der Waals surface area contributed by atoms with Crippen LogP contribution >= 0.6 is 0 Å². The molecule has 0 saturated heterocycles. The molecule has 0 unspecified atom stereocenters. The summed E-state index contributed by atoms with van der Waals surface area (Å²) in [6.45, 7) is 0. The number of fused-ring (bicyclic) bond motifs is 1. The molecule has 1 heterocycles. The quantitative estimate of drug-likeness (QED) is 0.477. The fourth-order valence-electron chi connectivity index (χ4n) is 4.27. The van der Waals surface area contributed by atoms with E-state index in [1.54, 1.807) is 0 Å². The van der Waals surface area contributed by atoms with Crippen molar-refractivity contribution in [1.29, 1.82) is 0 Å². The van der Waals surface area contributed by atoms with Gasteiger partial charge in [-0.05, 0) is 67.6 Å². The molecule has 4 rings (SSSR count). The summed E-state index contributed by atoms with van der Waals surface area (Å²) in [6, 6.07) is 18.3. The molecular weight excluding hydrogens is 372 g/mol. The number of ether oxygens (including phenoxy) is 1. The number of pyridine rings is 1. The van der Waals surface area contributed by atoms with Gasteiger partial charge < -0.3 is 9.64 Å². The SMILES string of the molecule is CN(C(=O)CCCc1cnc2ccc(Oc3ccccc3)cc2c1)C1CCCCC1. The van der Waals surface area contributed by atoms with E-state index >= 15 is 0 Å². The van der Waals surface area contributed by atoms with Gasteiger partial charge in [-0.25, -0.2) is 0 Å². The van der Waals surface area contributed by atoms with Crippen LogP contribution in [-0.2, 0) is 11.2 Å². The summed E-state index contributed by atoms with van der Waals surface area (Å²) in [5.41, 5.74) is 2.11. The number of rotatable bonds is 7. The highest BCUT2D eigenvalue weighted by molar-refractivity contribution is 5.80. The van der Waals surface area contributed by atoms with Crippen molar-refractivity contribution in [2.75, 3.05) is 7.05 Å². The van der Waals surface area contributed by atoms with E-state index in [2.05, 4.69) is 11.1 Å². The summed E-state index contributed by atoms with van der Waals surface area (Å²) in [5, 5.41) is 1.06. The van der Waals surface area contributed by atoms with Crippen LogP contribution in [0, 0.1) is 0 Å². The molecule has 1 aliphatic rings. The Bertz CT molecular complexity index is 981. The monoisotopic (exact) mass is 402 g/mol. The van der Waals surface area contributed by atoms with Crippen LogP contribution in [0.5, 0.6) is 11.5 Å². The molecule has 1 aliphatic carbocycles. The van der Waals surface area contributed by atoms with E-state index in [0.29, 0.717) is 12.5 Å². The van der Waals surface area contributed by atoms with Gasteiger partial charge in [0.25, 0.3) is 0 Å². The maximum Gasteiger partial charge on any atom is 0.222 e. The lowest BCUT2D eigenvalue weighted by atomic mass is 9.94. The average molecular weight is 403 g/mol. The minimum atomic E-state index is 0.272. The first kappa shape index (κ1) is 20.4. The molecule has 1 saturated carbocycles. The van der Waals surface area contributed by atoms with E-state index < -0.39 is 0 Å². The predicted octanol–water partition coefficient (Wildman–Crippen LogP) is 6.14. The third kappa shape index (κ3) is 5.18. The lowest BCUT2D eigenvalue weighted by Crippen LogP contribution is -2.38. The van der Waals surface area contributed by atoms with Crippen molar-refractivity contribution < 1.29 is 9.53 Å². The zero-order valence-corrected chi connectivity index (χ0v) is 17.7. The number of hydrogen-bond acceptors (Lipinski definition) is 3. The molecule has 1 fully saturated rings. The van der Waals surface area contributed by atoms with E-state index in [-0.39, 0.29) is 5.91 Å². The minimum Gasteiger partial charge on any atom is -0.457 e. The number of aromatic nitrogens is 1. The summed E-state index contributed by atoms with van der Waals surface area (Å²) in [6.07, 6.45) is 10.4. The van der Waals surface area contributed by atoms with Gasteiger partial charge in [0.15, 0.2) is 0 Å². The van der Waals surface area contributed by atoms with Crippen molar-refractivity contribution in [2.45, 2.75) is 57.4 Å². The zero-order chi connectivity index (χ0) is 20.8. The van der Waals surface area contributed by atoms with Gasteiger partial charge in [-0.3, -0.25) is 9.78 Å². The van der Waals surface area contributed by atoms with E-state index in [0.717, 1.165) is 53.6 Å². The third-order valence-electron chi connectivity index (χ3n) is 6.06. The molecule has 4 heteroatoms. The number of benzene rings is 2. The maximum atomic E-state index is 12.6. The summed E-state index contributed by atoms with van der Waals surface area (Å²) >= 11 is 0. The summed E-state index contributed by atoms with van der Waals surface area (Å²) < 4.78 is 5.94. The van der Waals surface area contributed by atoms with Crippen molar-refractivity contribution in [1.82, 2.24) is 9.88 Å². The van der Waals surface area contributed by atoms with Crippen molar-refractivity contribution in [2.24, 2.45) is 0 Å². The summed E-state index contributed by atoms with van der Waals surface area (Å²) in [7, 11) is 1.98. The fraction of sp³-hybridized carbons (Fsp3) is 0.385. The summed E-state index contributed by atoms with van der Waals surface area (Å²) in [5.74, 6) is 1.90. The van der Waals surface area contributed by atoms with Gasteiger partial charge in [0.2, 0.25) is 5.91 Å². The normalized spacial score (nSPS) is 14.6. The van der Waals surface area contributed by atoms with E-state index in [9.17, 15) is 4.79 Å². The number of para-hydroxylation sites is 1. The molecule has 0 atom stereocenters. The number of carbonyl (C=O) groups excluding carboxylic acids is 1. The molecular formula is C26H30N2O2. The van der Waals surface area contributed by atoms with Gasteiger partial charge >= 0.3 is 0 Å². The highest BCUT2D eigenvalue weighted by Crippen LogP contribution is 2.26. The molecule has 0 aliphatic heterocycles. The van der Waals surface area contributed by atoms with Crippen LogP contribution < -0.4 is 4.74 Å². The number of hydrogen-bond donors (Lipinski definition) is 0. The largest absolute Gasteiger partial charge is 0.457 e. The fourth-order valence-corrected chi connectivity index (χ4v) is 4.27. The maximum absolute atomic E-state index is 12.6. The van der Waals surface area contributed by atoms with E-state index in [1.807, 2.05) is 66.7 Å². The molecule has 4 nitrogen and oxygen atoms in total. The van der Waals surface area contributed by atoms with Crippen molar-refractivity contribution in [3.8, 4) is 11.5 Å². The molecule has 0 spiro atoms. The van der Waals surface area contributed by atoms with Crippen LogP contribution in [0.2, 0.25) is 0 Å². The Labute approximate surface area is 178 Å². The van der Waals surface area contributed by atoms with Crippen LogP contribution in [0.1, 0.15) is 50.5 Å². The van der Waals surface area contributed by atoms with Gasteiger partial charge in [0.05, 0.1) is 5.52 Å². The topological polar surface area (TPSA) is 42.4 Å². The standard InChI is InChI=1S/C26H30N2O2/c1-28(22-10-4-2-5-11-22)26(29)14-8-9-20-17-21-18-24(15-16-25(21)27-19-20)30-23-12-6-3-7-13-23/h3,6-7,12-13,15-19,22H,2,4-5,8-11,14H2,1H3. The van der Waals surface area contributed by atoms with Gasteiger partial charge in [-0.15, -0.1) is 0 Å². The smallest absolute Gasteiger partial charge is 0.222 e. The first-order valence-corrected chi connectivity index (χ1v) is 11.1. The molecule has 0 N–H and O–H groups in total. The predicted molar refractivity (Wildman–Crippen MR) is 121 cm³/mol. The van der Waals surface area contributed by atoms with Gasteiger partial charge in [0, 0.05) is 31.1 Å². The third-order valence-corrected chi connectivity index (χ3v) is 6.06. The van der Waals surface area contributed by atoms with Crippen LogP contribution in [0.4, 0.5) is 0 Å². The second-order valence-corrected chi connectivity index (χ2v) is 8.26. The van der Waals surface area contributed by atoms with Crippen molar-refractivity contribution in [3.05, 3.63) is 66.4 Å². The Balaban J connectivity index is 1.35. The molecule has 3 aromatic rings. The number of aryl methyl sites for hydroxylation is 1. The first-order valence-electron chi connectivity index (χ1n) is 11.1. The highest BCUT2D eigenvalue weighted by Gasteiger charge is 2.21. The number of amides is 1. The molecule has 2 aromatic carbocycles. The minimum absolute atomic E-state index is 0.272. The van der Waals surface area contributed by atoms with E-state index in [1.165, 1.54) is 19.3 Å². The van der Waals surface area contributed by atoms with E-state index in [4.69, 9.17) is 4.74 Å². The van der Waals surface area contributed by atoms with Crippen LogP contribution in [-0.4, -0.2) is 28.9 Å². The Kier molecular flexibility index (Phi) is 6.63. The second kappa shape index (κ2) is 9.75. The molecule has 30 heavy (non-hydrogen) atoms. The first-order chi connectivity index (χ1) is 14.7. The van der Waals surface area contributed by atoms with Crippen molar-refractivity contribution >= 4 is 16.8 Å². The Morgan fingerprint density at radius 2 is 1.83 bits per heavy atom. The average Bonchev–Trinajstić information content (AvgIpc) is 2.79.